The van der Waals surface area contributed by atoms with Crippen molar-refractivity contribution in [1.29, 1.82) is 0 Å². The number of rotatable bonds is 2. The number of nitrogens with one attached hydrogen (secondary N) is 1. The molecule has 0 spiro atoms. The van der Waals surface area contributed by atoms with Gasteiger partial charge in [0.2, 0.25) is 0 Å². The van der Waals surface area contributed by atoms with E-state index in [2.05, 4.69) is 5.10 Å². The molecule has 0 bridgehead atoms. The lowest BCUT2D eigenvalue weighted by atomic mass is 10.2. The first kappa shape index (κ1) is 10.9. The Balaban J connectivity index is 2.84. The Kier molecular flexibility index (Phi) is 2.47. The third-order valence-electron chi connectivity index (χ3n) is 1.48. The molecule has 0 saturated heterocycles. The van der Waals surface area contributed by atoms with Crippen LogP contribution in [-0.2, 0) is 6.42 Å². The molecule has 0 aromatic carbocycles. The van der Waals surface area contributed by atoms with Gasteiger partial charge in [-0.1, -0.05) is 0 Å². The summed E-state index contributed by atoms with van der Waals surface area (Å²) in [6, 6.07) is 0. The topological polar surface area (TPSA) is 28.7 Å². The van der Waals surface area contributed by atoms with Gasteiger partial charge in [0.25, 0.3) is 0 Å². The summed E-state index contributed by atoms with van der Waals surface area (Å²) < 4.78 is 72.1. The van der Waals surface area contributed by atoms with Gasteiger partial charge in [0, 0.05) is 0 Å². The first-order chi connectivity index (χ1) is 6.24. The summed E-state index contributed by atoms with van der Waals surface area (Å²) >= 11 is 0. The standard InChI is InChI=1S/C6H4F6N2/c7-3-2-13-14-4(3)1-5(8,9)6(10,11)12/h2H,1H2,(H,13,14). The molecule has 2 nitrogen and oxygen atoms in total. The van der Waals surface area contributed by atoms with E-state index >= 15 is 0 Å². The van der Waals surface area contributed by atoms with Gasteiger partial charge >= 0.3 is 12.1 Å². The first-order valence-corrected chi connectivity index (χ1v) is 3.36. The van der Waals surface area contributed by atoms with Crippen LogP contribution in [0.1, 0.15) is 5.69 Å². The summed E-state index contributed by atoms with van der Waals surface area (Å²) in [7, 11) is 0. The average Bonchev–Trinajstić information content (AvgIpc) is 2.33. The zero-order valence-electron chi connectivity index (χ0n) is 6.50. The normalized spacial score (nSPS) is 13.3. The lowest BCUT2D eigenvalue weighted by Gasteiger charge is -2.18. The van der Waals surface area contributed by atoms with Gasteiger partial charge in [0.15, 0.2) is 5.82 Å². The Hall–Kier alpha value is -1.21. The molecular formula is C6H4F6N2. The SMILES string of the molecule is Fc1cn[nH]c1CC(F)(F)C(F)(F)F. The highest BCUT2D eigenvalue weighted by Crippen LogP contribution is 2.37. The van der Waals surface area contributed by atoms with Gasteiger partial charge < -0.3 is 0 Å². The van der Waals surface area contributed by atoms with E-state index in [1.165, 1.54) is 0 Å². The number of hydrogen-bond donors (Lipinski definition) is 1. The average molecular weight is 218 g/mol. The minimum Gasteiger partial charge on any atom is -0.279 e. The van der Waals surface area contributed by atoms with Crippen molar-refractivity contribution < 1.29 is 26.3 Å². The maximum Gasteiger partial charge on any atom is 0.453 e. The molecule has 1 aromatic heterocycles. The van der Waals surface area contributed by atoms with Crippen molar-refractivity contribution in [2.75, 3.05) is 0 Å². The zero-order chi connectivity index (χ0) is 11.0. The fourth-order valence-electron chi connectivity index (χ4n) is 0.744. The van der Waals surface area contributed by atoms with Crippen LogP contribution in [0.2, 0.25) is 0 Å². The molecular weight excluding hydrogens is 214 g/mol. The largest absolute Gasteiger partial charge is 0.453 e. The Bertz CT molecular complexity index is 314. The smallest absolute Gasteiger partial charge is 0.279 e. The first-order valence-electron chi connectivity index (χ1n) is 3.36. The van der Waals surface area contributed by atoms with E-state index in [0.29, 0.717) is 6.20 Å². The Labute approximate surface area is 73.9 Å². The molecule has 0 aliphatic carbocycles. The van der Waals surface area contributed by atoms with E-state index in [4.69, 9.17) is 0 Å². The molecule has 1 N–H and O–H groups in total. The summed E-state index contributed by atoms with van der Waals surface area (Å²) in [6.07, 6.45) is -6.94. The van der Waals surface area contributed by atoms with Crippen molar-refractivity contribution in [3.8, 4) is 0 Å². The Morgan fingerprint density at radius 1 is 1.21 bits per heavy atom. The number of aromatic nitrogens is 2. The molecule has 0 fully saturated rings. The molecule has 1 rings (SSSR count). The van der Waals surface area contributed by atoms with E-state index < -0.39 is 30.0 Å². The molecule has 0 saturated carbocycles. The second-order valence-corrected chi connectivity index (χ2v) is 2.58. The molecule has 0 amide bonds. The van der Waals surface area contributed by atoms with E-state index in [9.17, 15) is 26.3 Å². The van der Waals surface area contributed by atoms with Crippen LogP contribution in [0, 0.1) is 5.82 Å². The molecule has 0 aliphatic heterocycles. The highest BCUT2D eigenvalue weighted by molar-refractivity contribution is 5.05. The van der Waals surface area contributed by atoms with Crippen LogP contribution in [0.25, 0.3) is 0 Å². The van der Waals surface area contributed by atoms with E-state index in [1.54, 1.807) is 5.10 Å². The van der Waals surface area contributed by atoms with Crippen LogP contribution in [0.4, 0.5) is 26.3 Å². The van der Waals surface area contributed by atoms with Crippen molar-refractivity contribution in [2.45, 2.75) is 18.5 Å². The molecule has 14 heavy (non-hydrogen) atoms. The fraction of sp³-hybridized carbons (Fsp3) is 0.500. The number of alkyl halides is 5. The lowest BCUT2D eigenvalue weighted by Crippen LogP contribution is -2.38. The van der Waals surface area contributed by atoms with Crippen LogP contribution in [-0.4, -0.2) is 22.3 Å². The number of H-pyrrole nitrogens is 1. The summed E-state index contributed by atoms with van der Waals surface area (Å²) in [5.74, 6) is -6.17. The van der Waals surface area contributed by atoms with Gasteiger partial charge in [-0.05, 0) is 0 Å². The van der Waals surface area contributed by atoms with Crippen molar-refractivity contribution in [1.82, 2.24) is 10.2 Å². The number of halogens is 6. The molecule has 1 aromatic rings. The van der Waals surface area contributed by atoms with Crippen LogP contribution in [0.3, 0.4) is 0 Å². The van der Waals surface area contributed by atoms with E-state index in [0.717, 1.165) is 0 Å². The van der Waals surface area contributed by atoms with Crippen molar-refractivity contribution in [3.63, 3.8) is 0 Å². The monoisotopic (exact) mass is 218 g/mol. The van der Waals surface area contributed by atoms with Gasteiger partial charge in [-0.3, -0.25) is 5.10 Å². The second-order valence-electron chi connectivity index (χ2n) is 2.58. The van der Waals surface area contributed by atoms with E-state index in [-0.39, 0.29) is 0 Å². The van der Waals surface area contributed by atoms with Gasteiger partial charge in [-0.25, -0.2) is 4.39 Å². The van der Waals surface area contributed by atoms with Gasteiger partial charge in [-0.2, -0.15) is 27.1 Å². The van der Waals surface area contributed by atoms with Crippen molar-refractivity contribution in [3.05, 3.63) is 17.7 Å². The van der Waals surface area contributed by atoms with Crippen molar-refractivity contribution in [2.24, 2.45) is 0 Å². The van der Waals surface area contributed by atoms with Gasteiger partial charge in [-0.15, -0.1) is 0 Å². The zero-order valence-corrected chi connectivity index (χ0v) is 6.50. The molecule has 1 heterocycles. The third-order valence-corrected chi connectivity index (χ3v) is 1.48. The summed E-state index contributed by atoms with van der Waals surface area (Å²) in [5.41, 5.74) is -0.868. The van der Waals surface area contributed by atoms with Crippen LogP contribution in [0.15, 0.2) is 6.20 Å². The maximum absolute atomic E-state index is 12.5. The summed E-state index contributed by atoms with van der Waals surface area (Å²) in [4.78, 5) is 0. The predicted molar refractivity (Wildman–Crippen MR) is 33.3 cm³/mol. The maximum atomic E-state index is 12.5. The Morgan fingerprint density at radius 2 is 1.79 bits per heavy atom. The van der Waals surface area contributed by atoms with Crippen molar-refractivity contribution >= 4 is 0 Å². The van der Waals surface area contributed by atoms with Crippen LogP contribution >= 0.6 is 0 Å². The minimum atomic E-state index is -5.69. The summed E-state index contributed by atoms with van der Waals surface area (Å²) in [5, 5.41) is 4.72. The third kappa shape index (κ3) is 1.99. The highest BCUT2D eigenvalue weighted by Gasteiger charge is 2.57. The van der Waals surface area contributed by atoms with E-state index in [1.807, 2.05) is 0 Å². The lowest BCUT2D eigenvalue weighted by molar-refractivity contribution is -0.281. The quantitative estimate of drug-likeness (QED) is 0.758. The van der Waals surface area contributed by atoms with Gasteiger partial charge in [0.05, 0.1) is 18.3 Å². The highest BCUT2D eigenvalue weighted by atomic mass is 19.4. The number of aromatic amines is 1. The second kappa shape index (κ2) is 3.18. The van der Waals surface area contributed by atoms with Crippen LogP contribution < -0.4 is 0 Å². The van der Waals surface area contributed by atoms with Crippen LogP contribution in [0.5, 0.6) is 0 Å². The molecule has 0 radical (unpaired) electrons. The molecule has 0 aliphatic rings. The fourth-order valence-corrected chi connectivity index (χ4v) is 0.744. The molecule has 8 heteroatoms. The molecule has 0 atom stereocenters. The predicted octanol–water partition coefficient (Wildman–Crippen LogP) is 2.29. The number of nitrogens with zero attached hydrogens (tertiary/aromatic N) is 1. The molecule has 0 unspecified atom stereocenters. The summed E-state index contributed by atoms with van der Waals surface area (Å²) in [6.45, 7) is 0. The molecule has 80 valence electrons. The minimum absolute atomic E-state index is 0.530. The number of hydrogen-bond acceptors (Lipinski definition) is 1. The Morgan fingerprint density at radius 3 is 2.14 bits per heavy atom. The van der Waals surface area contributed by atoms with Gasteiger partial charge in [0.1, 0.15) is 0 Å².